The summed E-state index contributed by atoms with van der Waals surface area (Å²) in [6.07, 6.45) is 0.780. The van der Waals surface area contributed by atoms with Crippen molar-refractivity contribution in [1.82, 2.24) is 25.4 Å². The number of urea groups is 1. The molecule has 0 unspecified atom stereocenters. The molecule has 7 nitrogen and oxygen atoms in total. The van der Waals surface area contributed by atoms with Gasteiger partial charge in [-0.1, -0.05) is 0 Å². The van der Waals surface area contributed by atoms with Gasteiger partial charge in [-0.25, -0.2) is 9.78 Å². The third kappa shape index (κ3) is 4.01. The Morgan fingerprint density at radius 3 is 2.74 bits per heavy atom. The van der Waals surface area contributed by atoms with Crippen LogP contribution in [0, 0.1) is 13.8 Å². The Hall–Kier alpha value is -2.09. The number of aryl methyl sites for hydroxylation is 2. The van der Waals surface area contributed by atoms with Gasteiger partial charge in [0.1, 0.15) is 0 Å². The predicted octanol–water partition coefficient (Wildman–Crippen LogP) is 1.56. The van der Waals surface area contributed by atoms with E-state index in [1.807, 2.05) is 30.2 Å². The van der Waals surface area contributed by atoms with Gasteiger partial charge in [-0.3, -0.25) is 5.10 Å². The first kappa shape index (κ1) is 15.8. The van der Waals surface area contributed by atoms with Crippen LogP contribution in [-0.2, 0) is 6.42 Å². The van der Waals surface area contributed by atoms with Gasteiger partial charge in [0.2, 0.25) is 0 Å². The van der Waals surface area contributed by atoms with Crippen molar-refractivity contribution >= 4 is 23.2 Å². The smallest absolute Gasteiger partial charge is 0.317 e. The topological polar surface area (TPSA) is 77.2 Å². The molecule has 0 aliphatic carbocycles. The molecule has 124 valence electrons. The highest BCUT2D eigenvalue weighted by atomic mass is 32.1. The molecule has 0 atom stereocenters. The van der Waals surface area contributed by atoms with Crippen molar-refractivity contribution in [2.24, 2.45) is 0 Å². The Morgan fingerprint density at radius 2 is 2.13 bits per heavy atom. The van der Waals surface area contributed by atoms with E-state index in [1.165, 1.54) is 0 Å². The molecule has 3 rings (SSSR count). The lowest BCUT2D eigenvalue weighted by molar-refractivity contribution is 0.194. The monoisotopic (exact) mass is 334 g/mol. The van der Waals surface area contributed by atoms with E-state index in [0.29, 0.717) is 19.6 Å². The molecule has 2 N–H and O–H groups in total. The van der Waals surface area contributed by atoms with E-state index in [4.69, 9.17) is 0 Å². The van der Waals surface area contributed by atoms with Crippen molar-refractivity contribution in [1.29, 1.82) is 0 Å². The molecule has 23 heavy (non-hydrogen) atoms. The van der Waals surface area contributed by atoms with Crippen LogP contribution < -0.4 is 10.2 Å². The summed E-state index contributed by atoms with van der Waals surface area (Å²) in [7, 11) is 0. The summed E-state index contributed by atoms with van der Waals surface area (Å²) in [6.45, 7) is 7.66. The third-order valence-corrected chi connectivity index (χ3v) is 4.73. The number of aromatic nitrogens is 3. The number of piperazine rings is 1. The van der Waals surface area contributed by atoms with Crippen molar-refractivity contribution in [3.05, 3.63) is 27.8 Å². The number of carbonyl (C=O) groups excluding carboxylic acids is 1. The predicted molar refractivity (Wildman–Crippen MR) is 91.1 cm³/mol. The van der Waals surface area contributed by atoms with Crippen molar-refractivity contribution in [3.63, 3.8) is 0 Å². The van der Waals surface area contributed by atoms with Gasteiger partial charge in [-0.15, -0.1) is 11.3 Å². The minimum absolute atomic E-state index is 0.00908. The van der Waals surface area contributed by atoms with E-state index < -0.39 is 0 Å². The quantitative estimate of drug-likeness (QED) is 0.889. The molecule has 0 saturated carbocycles. The molecule has 3 heterocycles. The number of hydrogen-bond acceptors (Lipinski definition) is 5. The second-order valence-corrected chi connectivity index (χ2v) is 6.79. The van der Waals surface area contributed by atoms with Crippen LogP contribution in [-0.4, -0.2) is 58.8 Å². The standard InChI is InChI=1S/C15H22N6OS/c1-11-9-14(19-18-11)20-5-7-21(8-6-20)15(22)16-4-3-13-10-23-12(2)17-13/h9-10H,3-8H2,1-2H3,(H,16,22)(H,18,19). The van der Waals surface area contributed by atoms with Gasteiger partial charge in [0, 0.05) is 56.3 Å². The van der Waals surface area contributed by atoms with E-state index in [2.05, 4.69) is 25.4 Å². The molecule has 2 amide bonds. The first-order chi connectivity index (χ1) is 11.1. The molecule has 1 saturated heterocycles. The van der Waals surface area contributed by atoms with E-state index in [0.717, 1.165) is 41.7 Å². The number of thiazole rings is 1. The molecule has 2 aromatic rings. The molecule has 1 aliphatic rings. The number of nitrogens with zero attached hydrogens (tertiary/aromatic N) is 4. The van der Waals surface area contributed by atoms with Gasteiger partial charge in [0.25, 0.3) is 0 Å². The van der Waals surface area contributed by atoms with E-state index in [1.54, 1.807) is 11.3 Å². The lowest BCUT2D eigenvalue weighted by atomic mass is 10.3. The molecule has 1 aliphatic heterocycles. The molecule has 2 aromatic heterocycles. The van der Waals surface area contributed by atoms with Gasteiger partial charge in [-0.05, 0) is 13.8 Å². The number of H-pyrrole nitrogens is 1. The number of nitrogens with one attached hydrogen (secondary N) is 2. The van der Waals surface area contributed by atoms with Crippen LogP contribution in [0.15, 0.2) is 11.4 Å². The summed E-state index contributed by atoms with van der Waals surface area (Å²) in [5, 5.41) is 13.3. The van der Waals surface area contributed by atoms with E-state index >= 15 is 0 Å². The average Bonchev–Trinajstić information content (AvgIpc) is 3.16. The van der Waals surface area contributed by atoms with Crippen LogP contribution in [0.4, 0.5) is 10.6 Å². The normalized spacial score (nSPS) is 15.0. The molecular formula is C15H22N6OS. The summed E-state index contributed by atoms with van der Waals surface area (Å²) < 4.78 is 0. The van der Waals surface area contributed by atoms with Crippen LogP contribution in [0.2, 0.25) is 0 Å². The van der Waals surface area contributed by atoms with Crippen LogP contribution in [0.3, 0.4) is 0 Å². The fraction of sp³-hybridized carbons (Fsp3) is 0.533. The first-order valence-corrected chi connectivity index (χ1v) is 8.70. The van der Waals surface area contributed by atoms with Gasteiger partial charge < -0.3 is 15.1 Å². The molecule has 8 heteroatoms. The number of anilines is 1. The number of carbonyl (C=O) groups is 1. The van der Waals surface area contributed by atoms with Crippen molar-refractivity contribution in [2.75, 3.05) is 37.6 Å². The summed E-state index contributed by atoms with van der Waals surface area (Å²) >= 11 is 1.64. The fourth-order valence-corrected chi connectivity index (χ4v) is 3.28. The average molecular weight is 334 g/mol. The minimum atomic E-state index is 0.00908. The zero-order valence-electron chi connectivity index (χ0n) is 13.5. The van der Waals surface area contributed by atoms with Gasteiger partial charge in [-0.2, -0.15) is 5.10 Å². The minimum Gasteiger partial charge on any atom is -0.352 e. The zero-order chi connectivity index (χ0) is 16.2. The Bertz CT molecular complexity index is 658. The Morgan fingerprint density at radius 1 is 1.35 bits per heavy atom. The largest absolute Gasteiger partial charge is 0.352 e. The fourth-order valence-electron chi connectivity index (χ4n) is 2.64. The first-order valence-electron chi connectivity index (χ1n) is 7.82. The molecule has 0 spiro atoms. The van der Waals surface area contributed by atoms with Crippen LogP contribution in [0.5, 0.6) is 0 Å². The Balaban J connectivity index is 1.41. The summed E-state index contributed by atoms with van der Waals surface area (Å²) in [4.78, 5) is 20.7. The molecule has 0 bridgehead atoms. The molecule has 0 radical (unpaired) electrons. The van der Waals surface area contributed by atoms with Crippen molar-refractivity contribution in [3.8, 4) is 0 Å². The maximum Gasteiger partial charge on any atom is 0.317 e. The second-order valence-electron chi connectivity index (χ2n) is 5.72. The van der Waals surface area contributed by atoms with Gasteiger partial charge >= 0.3 is 6.03 Å². The van der Waals surface area contributed by atoms with Crippen molar-refractivity contribution in [2.45, 2.75) is 20.3 Å². The number of rotatable bonds is 4. The lowest BCUT2D eigenvalue weighted by Crippen LogP contribution is -2.52. The Labute approximate surface area is 139 Å². The molecule has 0 aromatic carbocycles. The summed E-state index contributed by atoms with van der Waals surface area (Å²) in [5.41, 5.74) is 2.10. The second kappa shape index (κ2) is 6.99. The Kier molecular flexibility index (Phi) is 4.80. The highest BCUT2D eigenvalue weighted by Gasteiger charge is 2.22. The highest BCUT2D eigenvalue weighted by Crippen LogP contribution is 2.14. The van der Waals surface area contributed by atoms with Crippen molar-refractivity contribution < 1.29 is 4.79 Å². The van der Waals surface area contributed by atoms with Crippen LogP contribution >= 0.6 is 11.3 Å². The molecule has 1 fully saturated rings. The van der Waals surface area contributed by atoms with Gasteiger partial charge in [0.05, 0.1) is 10.7 Å². The van der Waals surface area contributed by atoms with Crippen LogP contribution in [0.25, 0.3) is 0 Å². The third-order valence-electron chi connectivity index (χ3n) is 3.91. The summed E-state index contributed by atoms with van der Waals surface area (Å²) in [5.74, 6) is 0.960. The number of aromatic amines is 1. The summed E-state index contributed by atoms with van der Waals surface area (Å²) in [6, 6.07) is 2.04. The van der Waals surface area contributed by atoms with E-state index in [-0.39, 0.29) is 6.03 Å². The number of hydrogen-bond donors (Lipinski definition) is 2. The number of amides is 2. The molecular weight excluding hydrogens is 312 g/mol. The zero-order valence-corrected chi connectivity index (χ0v) is 14.3. The van der Waals surface area contributed by atoms with Crippen LogP contribution in [0.1, 0.15) is 16.4 Å². The SMILES string of the molecule is Cc1cc(N2CCN(C(=O)NCCc3csc(C)n3)CC2)n[nH]1. The van der Waals surface area contributed by atoms with E-state index in [9.17, 15) is 4.79 Å². The van der Waals surface area contributed by atoms with Gasteiger partial charge in [0.15, 0.2) is 5.82 Å². The maximum absolute atomic E-state index is 12.2. The maximum atomic E-state index is 12.2. The lowest BCUT2D eigenvalue weighted by Gasteiger charge is -2.34. The highest BCUT2D eigenvalue weighted by molar-refractivity contribution is 7.09.